The molecule has 0 aliphatic rings. The number of rotatable bonds is 5. The van der Waals surface area contributed by atoms with Crippen molar-refractivity contribution in [2.75, 3.05) is 7.11 Å². The SMILES string of the molecule is COc1cc(C)cc(CCc2cc(Br)cnc2C(C)=O)c1. The van der Waals surface area contributed by atoms with E-state index in [1.165, 1.54) is 11.1 Å². The van der Waals surface area contributed by atoms with Gasteiger partial charge in [-0.25, -0.2) is 0 Å². The molecule has 1 aromatic carbocycles. The Labute approximate surface area is 133 Å². The monoisotopic (exact) mass is 347 g/mol. The third-order valence-electron chi connectivity index (χ3n) is 3.30. The molecule has 0 N–H and O–H groups in total. The normalized spacial score (nSPS) is 10.5. The molecule has 0 amide bonds. The van der Waals surface area contributed by atoms with Crippen LogP contribution in [0.15, 0.2) is 34.9 Å². The highest BCUT2D eigenvalue weighted by atomic mass is 79.9. The van der Waals surface area contributed by atoms with Crippen LogP contribution in [0.5, 0.6) is 5.75 Å². The van der Waals surface area contributed by atoms with Gasteiger partial charge < -0.3 is 4.74 Å². The Morgan fingerprint density at radius 2 is 2.00 bits per heavy atom. The summed E-state index contributed by atoms with van der Waals surface area (Å²) in [6, 6.07) is 8.15. The Bertz CT molecular complexity index is 668. The first-order valence-corrected chi connectivity index (χ1v) is 7.59. The molecule has 21 heavy (non-hydrogen) atoms. The molecular formula is C17H18BrNO2. The fourth-order valence-electron chi connectivity index (χ4n) is 2.35. The molecule has 0 aliphatic heterocycles. The van der Waals surface area contributed by atoms with E-state index in [-0.39, 0.29) is 5.78 Å². The number of Topliss-reactive ketones (excluding diaryl/α,β-unsaturated/α-hetero) is 1. The van der Waals surface area contributed by atoms with Gasteiger partial charge >= 0.3 is 0 Å². The summed E-state index contributed by atoms with van der Waals surface area (Å²) in [5.41, 5.74) is 3.89. The molecular weight excluding hydrogens is 330 g/mol. The molecule has 0 saturated carbocycles. The molecule has 3 nitrogen and oxygen atoms in total. The van der Waals surface area contributed by atoms with Crippen LogP contribution in [0.25, 0.3) is 0 Å². The van der Waals surface area contributed by atoms with Gasteiger partial charge in [0.05, 0.1) is 7.11 Å². The van der Waals surface area contributed by atoms with Crippen molar-refractivity contribution in [1.82, 2.24) is 4.98 Å². The zero-order chi connectivity index (χ0) is 15.4. The zero-order valence-corrected chi connectivity index (χ0v) is 14.0. The molecule has 0 radical (unpaired) electrons. The van der Waals surface area contributed by atoms with Crippen molar-refractivity contribution in [2.24, 2.45) is 0 Å². The first-order valence-electron chi connectivity index (χ1n) is 6.79. The van der Waals surface area contributed by atoms with Gasteiger partial charge in [0.15, 0.2) is 5.78 Å². The summed E-state index contributed by atoms with van der Waals surface area (Å²) >= 11 is 3.41. The highest BCUT2D eigenvalue weighted by Gasteiger charge is 2.10. The number of hydrogen-bond donors (Lipinski definition) is 0. The van der Waals surface area contributed by atoms with Gasteiger partial charge in [0.2, 0.25) is 0 Å². The number of carbonyl (C=O) groups is 1. The highest BCUT2D eigenvalue weighted by Crippen LogP contribution is 2.20. The Hall–Kier alpha value is -1.68. The quantitative estimate of drug-likeness (QED) is 0.762. The lowest BCUT2D eigenvalue weighted by molar-refractivity contribution is 0.101. The average Bonchev–Trinajstić information content (AvgIpc) is 2.44. The largest absolute Gasteiger partial charge is 0.497 e. The van der Waals surface area contributed by atoms with Gasteiger partial charge in [0.1, 0.15) is 11.4 Å². The van der Waals surface area contributed by atoms with Crippen LogP contribution < -0.4 is 4.74 Å². The van der Waals surface area contributed by atoms with Crippen LogP contribution in [0, 0.1) is 6.92 Å². The minimum absolute atomic E-state index is 0.000627. The maximum Gasteiger partial charge on any atom is 0.178 e. The number of ketones is 1. The van der Waals surface area contributed by atoms with Crippen LogP contribution in [-0.2, 0) is 12.8 Å². The number of nitrogens with zero attached hydrogens (tertiary/aromatic N) is 1. The van der Waals surface area contributed by atoms with E-state index in [2.05, 4.69) is 27.0 Å². The van der Waals surface area contributed by atoms with E-state index < -0.39 is 0 Å². The van der Waals surface area contributed by atoms with Crippen LogP contribution in [0.2, 0.25) is 0 Å². The van der Waals surface area contributed by atoms with E-state index >= 15 is 0 Å². The molecule has 0 fully saturated rings. The van der Waals surface area contributed by atoms with Crippen LogP contribution in [0.1, 0.15) is 34.1 Å². The maximum absolute atomic E-state index is 11.6. The number of aromatic nitrogens is 1. The third-order valence-corrected chi connectivity index (χ3v) is 3.73. The smallest absolute Gasteiger partial charge is 0.178 e. The summed E-state index contributed by atoms with van der Waals surface area (Å²) < 4.78 is 6.19. The summed E-state index contributed by atoms with van der Waals surface area (Å²) in [6.45, 7) is 3.60. The van der Waals surface area contributed by atoms with Gasteiger partial charge in [-0.3, -0.25) is 9.78 Å². The second-order valence-electron chi connectivity index (χ2n) is 5.08. The molecule has 110 valence electrons. The predicted octanol–water partition coefficient (Wildman–Crippen LogP) is 4.15. The van der Waals surface area contributed by atoms with E-state index in [9.17, 15) is 4.79 Å². The lowest BCUT2D eigenvalue weighted by Gasteiger charge is -2.09. The summed E-state index contributed by atoms with van der Waals surface area (Å²) in [5, 5.41) is 0. The Kier molecular flexibility index (Phi) is 5.12. The average molecular weight is 348 g/mol. The molecule has 1 aromatic heterocycles. The molecule has 0 saturated heterocycles. The van der Waals surface area contributed by atoms with E-state index in [1.54, 1.807) is 20.2 Å². The van der Waals surface area contributed by atoms with Crippen molar-refractivity contribution in [3.63, 3.8) is 0 Å². The first-order chi connectivity index (χ1) is 9.99. The van der Waals surface area contributed by atoms with E-state index in [4.69, 9.17) is 4.74 Å². The van der Waals surface area contributed by atoms with Crippen molar-refractivity contribution < 1.29 is 9.53 Å². The Morgan fingerprint density at radius 3 is 2.67 bits per heavy atom. The number of methoxy groups -OCH3 is 1. The van der Waals surface area contributed by atoms with Crippen LogP contribution in [0.4, 0.5) is 0 Å². The van der Waals surface area contributed by atoms with Gasteiger partial charge in [0, 0.05) is 17.6 Å². The van der Waals surface area contributed by atoms with Crippen molar-refractivity contribution in [3.8, 4) is 5.75 Å². The van der Waals surface area contributed by atoms with E-state index in [0.717, 1.165) is 28.6 Å². The lowest BCUT2D eigenvalue weighted by Crippen LogP contribution is -2.05. The van der Waals surface area contributed by atoms with Crippen LogP contribution in [0.3, 0.4) is 0 Å². The first kappa shape index (κ1) is 15.7. The van der Waals surface area contributed by atoms with Gasteiger partial charge in [-0.1, -0.05) is 6.07 Å². The van der Waals surface area contributed by atoms with Crippen molar-refractivity contribution >= 4 is 21.7 Å². The number of ether oxygens (including phenoxy) is 1. The molecule has 1 heterocycles. The molecule has 0 unspecified atom stereocenters. The van der Waals surface area contributed by atoms with Gasteiger partial charge in [-0.2, -0.15) is 0 Å². The number of aryl methyl sites for hydroxylation is 3. The molecule has 4 heteroatoms. The molecule has 2 rings (SSSR count). The minimum atomic E-state index is -0.000627. The van der Waals surface area contributed by atoms with E-state index in [0.29, 0.717) is 5.69 Å². The second kappa shape index (κ2) is 6.85. The van der Waals surface area contributed by atoms with Gasteiger partial charge in [-0.05, 0) is 70.6 Å². The fraction of sp³-hybridized carbons (Fsp3) is 0.294. The fourth-order valence-corrected chi connectivity index (χ4v) is 2.73. The van der Waals surface area contributed by atoms with Crippen LogP contribution >= 0.6 is 15.9 Å². The summed E-state index contributed by atoms with van der Waals surface area (Å²) in [6.07, 6.45) is 3.28. The van der Waals surface area contributed by atoms with Gasteiger partial charge in [0.25, 0.3) is 0 Å². The molecule has 2 aromatic rings. The topological polar surface area (TPSA) is 39.2 Å². The van der Waals surface area contributed by atoms with Crippen molar-refractivity contribution in [3.05, 3.63) is 57.3 Å². The minimum Gasteiger partial charge on any atom is -0.497 e. The molecule has 0 atom stereocenters. The molecule has 0 bridgehead atoms. The second-order valence-corrected chi connectivity index (χ2v) is 5.99. The number of benzene rings is 1. The standard InChI is InChI=1S/C17H18BrNO2/c1-11-6-13(8-16(7-11)21-3)4-5-14-9-15(18)10-19-17(14)12(2)20/h6-10H,4-5H2,1-3H3. The van der Waals surface area contributed by atoms with E-state index in [1.807, 2.05) is 25.1 Å². The highest BCUT2D eigenvalue weighted by molar-refractivity contribution is 9.10. The van der Waals surface area contributed by atoms with Crippen molar-refractivity contribution in [1.29, 1.82) is 0 Å². The lowest BCUT2D eigenvalue weighted by atomic mass is 10.0. The van der Waals surface area contributed by atoms with Crippen molar-refractivity contribution in [2.45, 2.75) is 26.7 Å². The number of carbonyl (C=O) groups excluding carboxylic acids is 1. The summed E-state index contributed by atoms with van der Waals surface area (Å²) in [7, 11) is 1.67. The summed E-state index contributed by atoms with van der Waals surface area (Å²) in [5.74, 6) is 0.864. The maximum atomic E-state index is 11.6. The zero-order valence-electron chi connectivity index (χ0n) is 12.4. The van der Waals surface area contributed by atoms with Crippen LogP contribution in [-0.4, -0.2) is 17.9 Å². The predicted molar refractivity (Wildman–Crippen MR) is 87.1 cm³/mol. The number of hydrogen-bond acceptors (Lipinski definition) is 3. The summed E-state index contributed by atoms with van der Waals surface area (Å²) in [4.78, 5) is 15.9. The molecule has 0 aliphatic carbocycles. The Morgan fingerprint density at radius 1 is 1.24 bits per heavy atom. The number of halogens is 1. The van der Waals surface area contributed by atoms with Gasteiger partial charge in [-0.15, -0.1) is 0 Å². The molecule has 0 spiro atoms. The third kappa shape index (κ3) is 4.14. The number of pyridine rings is 1. The Balaban J connectivity index is 2.22.